The van der Waals surface area contributed by atoms with Crippen LogP contribution < -0.4 is 5.73 Å². The molecule has 1 heteroatoms. The lowest BCUT2D eigenvalue weighted by Gasteiger charge is -2.24. The minimum Gasteiger partial charge on any atom is -0.324 e. The molecule has 2 N–H and O–H groups in total. The highest BCUT2D eigenvalue weighted by Gasteiger charge is 2.27. The Labute approximate surface area is 99.0 Å². The summed E-state index contributed by atoms with van der Waals surface area (Å²) in [5.41, 5.74) is 11.0. The molecule has 0 saturated carbocycles. The Morgan fingerprint density at radius 1 is 1.38 bits per heavy atom. The van der Waals surface area contributed by atoms with Crippen molar-refractivity contribution in [3.8, 4) is 0 Å². The van der Waals surface area contributed by atoms with Crippen molar-refractivity contribution in [3.63, 3.8) is 0 Å². The number of rotatable bonds is 1. The van der Waals surface area contributed by atoms with E-state index >= 15 is 0 Å². The van der Waals surface area contributed by atoms with E-state index in [4.69, 9.17) is 5.73 Å². The van der Waals surface area contributed by atoms with Gasteiger partial charge in [0.1, 0.15) is 0 Å². The first-order valence-corrected chi connectivity index (χ1v) is 6.39. The number of hydrogen-bond donors (Lipinski definition) is 1. The molecule has 0 amide bonds. The van der Waals surface area contributed by atoms with E-state index in [0.29, 0.717) is 5.41 Å². The van der Waals surface area contributed by atoms with E-state index in [1.54, 1.807) is 0 Å². The van der Waals surface area contributed by atoms with Crippen molar-refractivity contribution in [3.05, 3.63) is 34.9 Å². The van der Waals surface area contributed by atoms with Crippen LogP contribution in [0.25, 0.3) is 0 Å². The van der Waals surface area contributed by atoms with E-state index in [0.717, 1.165) is 12.8 Å². The van der Waals surface area contributed by atoms with E-state index in [9.17, 15) is 0 Å². The molecule has 1 unspecified atom stereocenters. The van der Waals surface area contributed by atoms with Crippen LogP contribution in [0.4, 0.5) is 0 Å². The average molecular weight is 217 g/mol. The minimum atomic E-state index is 0.221. The lowest BCUT2D eigenvalue weighted by atomic mass is 9.83. The SMILES string of the molecule is CCc1ccc2c(c1)C(N)CC(C)(C)CC2. The third-order valence-electron chi connectivity index (χ3n) is 3.86. The molecule has 1 aliphatic rings. The van der Waals surface area contributed by atoms with E-state index in [2.05, 4.69) is 39.0 Å². The van der Waals surface area contributed by atoms with Crippen LogP contribution in [0.2, 0.25) is 0 Å². The van der Waals surface area contributed by atoms with Crippen molar-refractivity contribution >= 4 is 0 Å². The van der Waals surface area contributed by atoms with Gasteiger partial charge in [0, 0.05) is 6.04 Å². The molecule has 16 heavy (non-hydrogen) atoms. The number of fused-ring (bicyclic) bond motifs is 1. The maximum Gasteiger partial charge on any atom is 0.0302 e. The molecular weight excluding hydrogens is 194 g/mol. The van der Waals surface area contributed by atoms with Crippen molar-refractivity contribution in [1.29, 1.82) is 0 Å². The molecule has 1 aromatic rings. The van der Waals surface area contributed by atoms with Gasteiger partial charge in [-0.25, -0.2) is 0 Å². The topological polar surface area (TPSA) is 26.0 Å². The number of aryl methyl sites for hydroxylation is 2. The standard InChI is InChI=1S/C15H23N/c1-4-11-5-6-12-7-8-15(2,3)10-14(16)13(12)9-11/h5-6,9,14H,4,7-8,10,16H2,1-3H3. The van der Waals surface area contributed by atoms with Crippen LogP contribution in [0.5, 0.6) is 0 Å². The molecule has 0 spiro atoms. The van der Waals surface area contributed by atoms with E-state index in [1.807, 2.05) is 0 Å². The van der Waals surface area contributed by atoms with Gasteiger partial charge in [-0.1, -0.05) is 39.0 Å². The normalized spacial score (nSPS) is 23.6. The van der Waals surface area contributed by atoms with Gasteiger partial charge in [0.15, 0.2) is 0 Å². The van der Waals surface area contributed by atoms with Crippen molar-refractivity contribution < 1.29 is 0 Å². The summed E-state index contributed by atoms with van der Waals surface area (Å²) in [7, 11) is 0. The second-order valence-corrected chi connectivity index (χ2v) is 5.86. The lowest BCUT2D eigenvalue weighted by Crippen LogP contribution is -2.19. The van der Waals surface area contributed by atoms with Crippen LogP contribution in [0.15, 0.2) is 18.2 Å². The smallest absolute Gasteiger partial charge is 0.0302 e. The monoisotopic (exact) mass is 217 g/mol. The molecule has 0 bridgehead atoms. The Kier molecular flexibility index (Phi) is 3.07. The second-order valence-electron chi connectivity index (χ2n) is 5.86. The van der Waals surface area contributed by atoms with Crippen LogP contribution >= 0.6 is 0 Å². The number of nitrogens with two attached hydrogens (primary N) is 1. The van der Waals surface area contributed by atoms with Crippen LogP contribution in [-0.4, -0.2) is 0 Å². The minimum absolute atomic E-state index is 0.221. The third-order valence-corrected chi connectivity index (χ3v) is 3.86. The molecule has 88 valence electrons. The predicted molar refractivity (Wildman–Crippen MR) is 69.5 cm³/mol. The molecule has 1 aliphatic carbocycles. The summed E-state index contributed by atoms with van der Waals surface area (Å²) >= 11 is 0. The molecule has 0 aliphatic heterocycles. The summed E-state index contributed by atoms with van der Waals surface area (Å²) < 4.78 is 0. The Hall–Kier alpha value is -0.820. The van der Waals surface area contributed by atoms with Gasteiger partial charge in [-0.15, -0.1) is 0 Å². The third kappa shape index (κ3) is 2.30. The average Bonchev–Trinajstić information content (AvgIpc) is 2.35. The molecule has 0 fully saturated rings. The molecule has 0 aromatic heterocycles. The van der Waals surface area contributed by atoms with Gasteiger partial charge in [0.25, 0.3) is 0 Å². The number of benzene rings is 1. The van der Waals surface area contributed by atoms with Gasteiger partial charge in [0.05, 0.1) is 0 Å². The van der Waals surface area contributed by atoms with Crippen LogP contribution in [0.3, 0.4) is 0 Å². The molecule has 1 nitrogen and oxygen atoms in total. The van der Waals surface area contributed by atoms with Gasteiger partial charge in [0.2, 0.25) is 0 Å². The first kappa shape index (κ1) is 11.7. The molecule has 1 aromatic carbocycles. The summed E-state index contributed by atoms with van der Waals surface area (Å²) in [6.07, 6.45) is 4.63. The molecule has 0 radical (unpaired) electrons. The predicted octanol–water partition coefficient (Wildman–Crippen LogP) is 3.61. The fourth-order valence-corrected chi connectivity index (χ4v) is 2.72. The number of hydrogen-bond acceptors (Lipinski definition) is 1. The molecular formula is C15H23N. The first-order chi connectivity index (χ1) is 7.52. The second kappa shape index (κ2) is 4.21. The molecule has 0 heterocycles. The summed E-state index contributed by atoms with van der Waals surface area (Å²) in [5, 5.41) is 0. The highest BCUT2D eigenvalue weighted by molar-refractivity contribution is 5.35. The van der Waals surface area contributed by atoms with Crippen LogP contribution in [-0.2, 0) is 12.8 Å². The zero-order valence-corrected chi connectivity index (χ0v) is 10.7. The molecule has 0 saturated heterocycles. The van der Waals surface area contributed by atoms with Crippen molar-refractivity contribution in [1.82, 2.24) is 0 Å². The first-order valence-electron chi connectivity index (χ1n) is 6.39. The maximum absolute atomic E-state index is 6.35. The largest absolute Gasteiger partial charge is 0.324 e. The van der Waals surface area contributed by atoms with E-state index in [1.165, 1.54) is 29.5 Å². The fourth-order valence-electron chi connectivity index (χ4n) is 2.72. The quantitative estimate of drug-likeness (QED) is 0.714. The summed E-state index contributed by atoms with van der Waals surface area (Å²) in [6.45, 7) is 6.87. The van der Waals surface area contributed by atoms with Crippen molar-refractivity contribution in [2.45, 2.75) is 52.5 Å². The van der Waals surface area contributed by atoms with Gasteiger partial charge in [-0.3, -0.25) is 0 Å². The van der Waals surface area contributed by atoms with Crippen LogP contribution in [0.1, 0.15) is 56.3 Å². The van der Waals surface area contributed by atoms with Gasteiger partial charge >= 0.3 is 0 Å². The van der Waals surface area contributed by atoms with Gasteiger partial charge in [-0.05, 0) is 47.8 Å². The summed E-state index contributed by atoms with van der Waals surface area (Å²) in [5.74, 6) is 0. The Morgan fingerprint density at radius 3 is 2.81 bits per heavy atom. The van der Waals surface area contributed by atoms with Crippen molar-refractivity contribution in [2.75, 3.05) is 0 Å². The maximum atomic E-state index is 6.35. The summed E-state index contributed by atoms with van der Waals surface area (Å²) in [4.78, 5) is 0. The van der Waals surface area contributed by atoms with Crippen LogP contribution in [0, 0.1) is 5.41 Å². The lowest BCUT2D eigenvalue weighted by molar-refractivity contribution is 0.294. The van der Waals surface area contributed by atoms with Crippen molar-refractivity contribution in [2.24, 2.45) is 11.1 Å². The zero-order chi connectivity index (χ0) is 11.8. The fraction of sp³-hybridized carbons (Fsp3) is 0.600. The Morgan fingerprint density at radius 2 is 2.12 bits per heavy atom. The molecule has 2 rings (SSSR count). The highest BCUT2D eigenvalue weighted by Crippen LogP contribution is 2.38. The molecule has 1 atom stereocenters. The highest BCUT2D eigenvalue weighted by atomic mass is 14.6. The van der Waals surface area contributed by atoms with Gasteiger partial charge < -0.3 is 5.73 Å². The summed E-state index contributed by atoms with van der Waals surface area (Å²) in [6, 6.07) is 7.08. The van der Waals surface area contributed by atoms with E-state index in [-0.39, 0.29) is 6.04 Å². The van der Waals surface area contributed by atoms with E-state index < -0.39 is 0 Å². The zero-order valence-electron chi connectivity index (χ0n) is 10.7. The Balaban J connectivity index is 2.37. The van der Waals surface area contributed by atoms with Gasteiger partial charge in [-0.2, -0.15) is 0 Å². The Bertz CT molecular complexity index is 379.